The van der Waals surface area contributed by atoms with Crippen LogP contribution in [0.25, 0.3) is 0 Å². The maximum atomic E-state index is 5.27. The molecule has 0 fully saturated rings. The molecule has 2 aromatic carbocycles. The molecule has 0 N–H and O–H groups in total. The Bertz CT molecular complexity index is 694. The zero-order chi connectivity index (χ0) is 14.5. The van der Waals surface area contributed by atoms with Gasteiger partial charge in [-0.3, -0.25) is 0 Å². The highest BCUT2D eigenvalue weighted by Crippen LogP contribution is 2.39. The Kier molecular flexibility index (Phi) is 4.37. The average Bonchev–Trinajstić information content (AvgIpc) is 2.58. The Labute approximate surface area is 128 Å². The molecule has 0 heterocycles. The van der Waals surface area contributed by atoms with Crippen molar-refractivity contribution in [1.29, 1.82) is 0 Å². The number of rotatable bonds is 3. The van der Waals surface area contributed by atoms with Crippen LogP contribution in [0.5, 0.6) is 5.75 Å². The van der Waals surface area contributed by atoms with Crippen molar-refractivity contribution in [2.75, 3.05) is 7.11 Å². The third kappa shape index (κ3) is 3.17. The number of hydrogen-bond acceptors (Lipinski definition) is 1. The minimum Gasteiger partial charge on any atom is -0.497 e. The molecule has 3 rings (SSSR count). The van der Waals surface area contributed by atoms with E-state index >= 15 is 0 Å². The maximum Gasteiger partial charge on any atom is 0.118 e. The van der Waals surface area contributed by atoms with Crippen LogP contribution in [0, 0.1) is 0 Å². The molecule has 2 heteroatoms. The van der Waals surface area contributed by atoms with Crippen molar-refractivity contribution < 1.29 is 4.74 Å². The van der Waals surface area contributed by atoms with Gasteiger partial charge in [-0.25, -0.2) is 0 Å². The average molecular weight is 294 g/mol. The number of ether oxygens (including phenoxy) is 1. The molecule has 21 heavy (non-hydrogen) atoms. The van der Waals surface area contributed by atoms with E-state index < -0.39 is 0 Å². The zero-order valence-electron chi connectivity index (χ0n) is 12.0. The molecule has 1 nitrogen and oxygen atoms in total. The summed E-state index contributed by atoms with van der Waals surface area (Å²) in [5, 5.41) is 0. The van der Waals surface area contributed by atoms with Crippen LogP contribution in [0.15, 0.2) is 88.7 Å². The van der Waals surface area contributed by atoms with E-state index in [-0.39, 0.29) is 10.5 Å². The summed E-state index contributed by atoms with van der Waals surface area (Å²) in [6.45, 7) is 0. The fraction of sp³-hybridized carbons (Fsp3) is 0.105. The van der Waals surface area contributed by atoms with E-state index in [1.165, 1.54) is 14.7 Å². The Balaban J connectivity index is 2.12. The lowest BCUT2D eigenvalue weighted by Gasteiger charge is -2.16. The van der Waals surface area contributed by atoms with Gasteiger partial charge in [0.2, 0.25) is 0 Å². The van der Waals surface area contributed by atoms with E-state index in [9.17, 15) is 0 Å². The van der Waals surface area contributed by atoms with Crippen LogP contribution in [-0.2, 0) is 0 Å². The summed E-state index contributed by atoms with van der Waals surface area (Å²) >= 11 is 0. The molecule has 1 aliphatic rings. The molecule has 0 aliphatic heterocycles. The van der Waals surface area contributed by atoms with Gasteiger partial charge in [-0.1, -0.05) is 42.5 Å². The van der Waals surface area contributed by atoms with Crippen LogP contribution >= 0.6 is 10.5 Å². The molecule has 0 saturated carbocycles. The second-order valence-electron chi connectivity index (χ2n) is 4.75. The van der Waals surface area contributed by atoms with Gasteiger partial charge in [0.1, 0.15) is 5.75 Å². The second kappa shape index (κ2) is 6.59. The van der Waals surface area contributed by atoms with Crippen LogP contribution in [0.4, 0.5) is 0 Å². The first-order valence-electron chi connectivity index (χ1n) is 7.01. The molecule has 1 atom stereocenters. The fourth-order valence-electron chi connectivity index (χ4n) is 2.35. The van der Waals surface area contributed by atoms with Gasteiger partial charge in [-0.15, -0.1) is 10.5 Å². The van der Waals surface area contributed by atoms with Gasteiger partial charge < -0.3 is 4.74 Å². The van der Waals surface area contributed by atoms with E-state index in [4.69, 9.17) is 4.74 Å². The Morgan fingerprint density at radius 1 is 0.857 bits per heavy atom. The normalized spacial score (nSPS) is 16.7. The van der Waals surface area contributed by atoms with Gasteiger partial charge in [-0.2, -0.15) is 0 Å². The lowest BCUT2D eigenvalue weighted by molar-refractivity contribution is 0.414. The van der Waals surface area contributed by atoms with E-state index in [1.54, 1.807) is 7.11 Å². The molecule has 0 bridgehead atoms. The largest absolute Gasteiger partial charge is 0.497 e. The Morgan fingerprint density at radius 2 is 1.57 bits per heavy atom. The lowest BCUT2D eigenvalue weighted by atomic mass is 10.2. The van der Waals surface area contributed by atoms with Gasteiger partial charge >= 0.3 is 0 Å². The van der Waals surface area contributed by atoms with E-state index in [2.05, 4.69) is 66.8 Å². The molecule has 1 unspecified atom stereocenters. The monoisotopic (exact) mass is 294 g/mol. The van der Waals surface area contributed by atoms with Gasteiger partial charge in [0.25, 0.3) is 0 Å². The summed E-state index contributed by atoms with van der Waals surface area (Å²) in [7, 11) is 1.68. The standard InChI is InChI=1S/C19H18OS/c1-20-16-12-14-19(15-13-16)21(17-8-4-2-5-9-17)18-10-6-3-7-11-18/h2-10,12-15H,11H2,1H3. The maximum absolute atomic E-state index is 5.27. The SMILES string of the molecule is COc1ccc(/S(=C2\C=CC=CC2)c2ccccc2)cc1. The minimum atomic E-state index is -0.0249. The van der Waals surface area contributed by atoms with Crippen molar-refractivity contribution in [3.63, 3.8) is 0 Å². The molecule has 2 aromatic rings. The van der Waals surface area contributed by atoms with Gasteiger partial charge in [-0.05, 0) is 47.7 Å². The van der Waals surface area contributed by atoms with Crippen molar-refractivity contribution in [3.05, 3.63) is 78.9 Å². The van der Waals surface area contributed by atoms with Crippen molar-refractivity contribution >= 4 is 15.3 Å². The highest BCUT2D eigenvalue weighted by atomic mass is 32.2. The van der Waals surface area contributed by atoms with Crippen LogP contribution in [0.3, 0.4) is 0 Å². The predicted molar refractivity (Wildman–Crippen MR) is 91.5 cm³/mol. The van der Waals surface area contributed by atoms with Crippen LogP contribution in [-0.4, -0.2) is 12.0 Å². The molecule has 0 spiro atoms. The highest BCUT2D eigenvalue weighted by Gasteiger charge is 2.09. The molecule has 0 aromatic heterocycles. The molecule has 1 aliphatic carbocycles. The summed E-state index contributed by atoms with van der Waals surface area (Å²) in [6.07, 6.45) is 9.73. The summed E-state index contributed by atoms with van der Waals surface area (Å²) in [6, 6.07) is 19.2. The fourth-order valence-corrected chi connectivity index (χ4v) is 4.55. The van der Waals surface area contributed by atoms with E-state index in [1.807, 2.05) is 12.1 Å². The van der Waals surface area contributed by atoms with Crippen molar-refractivity contribution in [2.24, 2.45) is 0 Å². The van der Waals surface area contributed by atoms with E-state index in [0.29, 0.717) is 0 Å². The van der Waals surface area contributed by atoms with E-state index in [0.717, 1.165) is 12.2 Å². The molecular formula is C19H18OS. The third-order valence-corrected chi connectivity index (χ3v) is 5.70. The number of benzene rings is 2. The molecule has 106 valence electrons. The second-order valence-corrected chi connectivity index (χ2v) is 6.83. The lowest BCUT2D eigenvalue weighted by Crippen LogP contribution is -1.97. The molecular weight excluding hydrogens is 276 g/mol. The smallest absolute Gasteiger partial charge is 0.118 e. The minimum absolute atomic E-state index is 0.0249. The first-order chi connectivity index (χ1) is 10.4. The predicted octanol–water partition coefficient (Wildman–Crippen LogP) is 5.07. The summed E-state index contributed by atoms with van der Waals surface area (Å²) in [4.78, 5) is 4.14. The summed E-state index contributed by atoms with van der Waals surface area (Å²) < 4.78 is 5.27. The molecule has 0 amide bonds. The van der Waals surface area contributed by atoms with Gasteiger partial charge in [0.15, 0.2) is 0 Å². The summed E-state index contributed by atoms with van der Waals surface area (Å²) in [5.41, 5.74) is 0. The quantitative estimate of drug-likeness (QED) is 0.718. The Hall–Kier alpha value is -2.06. The van der Waals surface area contributed by atoms with Crippen LogP contribution in [0.1, 0.15) is 6.42 Å². The van der Waals surface area contributed by atoms with Gasteiger partial charge in [0, 0.05) is 9.79 Å². The molecule has 0 radical (unpaired) electrons. The zero-order valence-corrected chi connectivity index (χ0v) is 12.8. The number of allylic oxidation sites excluding steroid dienone is 4. The van der Waals surface area contributed by atoms with Gasteiger partial charge in [0.05, 0.1) is 7.11 Å². The Morgan fingerprint density at radius 3 is 2.19 bits per heavy atom. The third-order valence-electron chi connectivity index (χ3n) is 3.38. The first-order valence-corrected chi connectivity index (χ1v) is 8.23. The van der Waals surface area contributed by atoms with Crippen molar-refractivity contribution in [3.8, 4) is 5.75 Å². The van der Waals surface area contributed by atoms with Crippen molar-refractivity contribution in [1.82, 2.24) is 0 Å². The van der Waals surface area contributed by atoms with Crippen LogP contribution in [0.2, 0.25) is 0 Å². The van der Waals surface area contributed by atoms with Crippen LogP contribution < -0.4 is 4.74 Å². The topological polar surface area (TPSA) is 9.23 Å². The highest BCUT2D eigenvalue weighted by molar-refractivity contribution is 8.16. The first kappa shape index (κ1) is 13.9. The number of hydrogen-bond donors (Lipinski definition) is 0. The number of methoxy groups -OCH3 is 1. The summed E-state index contributed by atoms with van der Waals surface area (Å²) in [5.74, 6) is 0.902. The van der Waals surface area contributed by atoms with Crippen molar-refractivity contribution in [2.45, 2.75) is 16.2 Å². The molecule has 0 saturated heterocycles.